The Bertz CT molecular complexity index is 847. The summed E-state index contributed by atoms with van der Waals surface area (Å²) in [4.78, 5) is 20.6. The molecule has 21 heavy (non-hydrogen) atoms. The van der Waals surface area contributed by atoms with Crippen molar-refractivity contribution >= 4 is 50.5 Å². The number of carbonyl (C=O) groups excluding carboxylic acids is 1. The van der Waals surface area contributed by atoms with Crippen molar-refractivity contribution in [2.24, 2.45) is 0 Å². The number of carbonyl (C=O) groups is 1. The Balaban J connectivity index is 2.13. The van der Waals surface area contributed by atoms with Crippen molar-refractivity contribution in [1.82, 2.24) is 15.3 Å². The number of nitrogens with zero attached hydrogens (tertiary/aromatic N) is 2. The largest absolute Gasteiger partial charge is 0.355 e. The van der Waals surface area contributed by atoms with Gasteiger partial charge in [-0.3, -0.25) is 4.79 Å². The van der Waals surface area contributed by atoms with Gasteiger partial charge in [-0.05, 0) is 35.2 Å². The predicted octanol–water partition coefficient (Wildman–Crippen LogP) is 4.02. The number of hydrogen-bond acceptors (Lipinski definition) is 4. The number of fused-ring (bicyclic) bond motifs is 1. The molecular weight excluding hydrogens is 329 g/mol. The van der Waals surface area contributed by atoms with Crippen LogP contribution in [0.3, 0.4) is 0 Å². The Morgan fingerprint density at radius 2 is 2.10 bits per heavy atom. The first-order valence-corrected chi connectivity index (χ1v) is 7.60. The lowest BCUT2D eigenvalue weighted by Gasteiger charge is -1.99. The summed E-state index contributed by atoms with van der Waals surface area (Å²) in [5.41, 5.74) is 1.21. The molecule has 0 aliphatic rings. The van der Waals surface area contributed by atoms with Gasteiger partial charge < -0.3 is 5.32 Å². The van der Waals surface area contributed by atoms with Gasteiger partial charge in [0.1, 0.15) is 5.69 Å². The Labute approximate surface area is 134 Å². The minimum absolute atomic E-state index is 0.116. The first-order valence-electron chi connectivity index (χ1n) is 6.02. The monoisotopic (exact) mass is 337 g/mol. The van der Waals surface area contributed by atoms with Crippen LogP contribution in [-0.2, 0) is 0 Å². The molecule has 1 aromatic carbocycles. The molecule has 0 saturated carbocycles. The van der Waals surface area contributed by atoms with Crippen LogP contribution in [0.1, 0.15) is 10.4 Å². The normalized spacial score (nSPS) is 10.8. The van der Waals surface area contributed by atoms with Crippen molar-refractivity contribution in [1.29, 1.82) is 0 Å². The summed E-state index contributed by atoms with van der Waals surface area (Å²) in [6, 6.07) is 7.50. The third-order valence-corrected chi connectivity index (χ3v) is 4.52. The molecule has 0 aliphatic carbocycles. The van der Waals surface area contributed by atoms with Crippen molar-refractivity contribution in [3.8, 4) is 10.6 Å². The van der Waals surface area contributed by atoms with E-state index < -0.39 is 0 Å². The number of aromatic nitrogens is 2. The molecule has 2 heterocycles. The quantitative estimate of drug-likeness (QED) is 0.718. The van der Waals surface area contributed by atoms with E-state index in [1.807, 2.05) is 18.2 Å². The van der Waals surface area contributed by atoms with E-state index in [0.717, 1.165) is 15.0 Å². The Morgan fingerprint density at radius 3 is 2.86 bits per heavy atom. The first kappa shape index (κ1) is 14.3. The van der Waals surface area contributed by atoms with E-state index in [1.165, 1.54) is 17.5 Å². The molecule has 3 rings (SSSR count). The number of hydrogen-bond donors (Lipinski definition) is 1. The zero-order valence-electron chi connectivity index (χ0n) is 10.9. The third kappa shape index (κ3) is 2.72. The molecule has 0 saturated heterocycles. The van der Waals surface area contributed by atoms with Crippen molar-refractivity contribution in [2.75, 3.05) is 7.05 Å². The van der Waals surface area contributed by atoms with E-state index in [2.05, 4.69) is 15.3 Å². The van der Waals surface area contributed by atoms with E-state index in [0.29, 0.717) is 16.3 Å². The van der Waals surface area contributed by atoms with Crippen LogP contribution < -0.4 is 5.32 Å². The minimum atomic E-state index is -0.116. The SMILES string of the molecule is CNC(=O)c1ccc2cc(-c3nc(Cl)ncc3Cl)sc2c1. The van der Waals surface area contributed by atoms with Crippen LogP contribution in [0, 0.1) is 0 Å². The lowest BCUT2D eigenvalue weighted by atomic mass is 10.1. The minimum Gasteiger partial charge on any atom is -0.355 e. The van der Waals surface area contributed by atoms with Gasteiger partial charge in [0, 0.05) is 17.3 Å². The second-order valence-electron chi connectivity index (χ2n) is 4.28. The smallest absolute Gasteiger partial charge is 0.251 e. The highest BCUT2D eigenvalue weighted by atomic mass is 35.5. The average Bonchev–Trinajstić information content (AvgIpc) is 2.91. The molecule has 3 aromatic rings. The Hall–Kier alpha value is -1.69. The standard InChI is InChI=1S/C14H9Cl2N3OS/c1-17-13(20)8-3-2-7-4-11(21-10(7)5-8)12-9(15)6-18-14(16)19-12/h2-6H,1H3,(H,17,20). The van der Waals surface area contributed by atoms with Gasteiger partial charge in [0.2, 0.25) is 5.28 Å². The van der Waals surface area contributed by atoms with Crippen molar-refractivity contribution in [3.05, 3.63) is 46.3 Å². The Morgan fingerprint density at radius 1 is 1.29 bits per heavy atom. The third-order valence-electron chi connectivity index (χ3n) is 2.96. The maximum atomic E-state index is 11.7. The van der Waals surface area contributed by atoms with Crippen molar-refractivity contribution in [2.45, 2.75) is 0 Å². The number of amides is 1. The number of thiophene rings is 1. The molecule has 1 N–H and O–H groups in total. The maximum absolute atomic E-state index is 11.7. The highest BCUT2D eigenvalue weighted by Gasteiger charge is 2.12. The molecule has 0 aliphatic heterocycles. The van der Waals surface area contributed by atoms with Crippen LogP contribution in [0.2, 0.25) is 10.3 Å². The topological polar surface area (TPSA) is 54.9 Å². The molecular formula is C14H9Cl2N3OS. The van der Waals surface area contributed by atoms with Crippen LogP contribution >= 0.6 is 34.5 Å². The van der Waals surface area contributed by atoms with Crippen LogP contribution in [0.25, 0.3) is 20.7 Å². The van der Waals surface area contributed by atoms with Crippen LogP contribution in [0.5, 0.6) is 0 Å². The number of benzene rings is 1. The number of halogens is 2. The molecule has 0 radical (unpaired) electrons. The van der Waals surface area contributed by atoms with Gasteiger partial charge in [-0.15, -0.1) is 11.3 Å². The first-order chi connectivity index (χ1) is 10.1. The molecule has 4 nitrogen and oxygen atoms in total. The molecule has 0 fully saturated rings. The van der Waals surface area contributed by atoms with Crippen LogP contribution in [-0.4, -0.2) is 22.9 Å². The maximum Gasteiger partial charge on any atom is 0.251 e. The highest BCUT2D eigenvalue weighted by Crippen LogP contribution is 2.36. The van der Waals surface area contributed by atoms with Gasteiger partial charge in [0.25, 0.3) is 5.91 Å². The van der Waals surface area contributed by atoms with Gasteiger partial charge in [-0.25, -0.2) is 9.97 Å². The lowest BCUT2D eigenvalue weighted by Crippen LogP contribution is -2.17. The summed E-state index contributed by atoms with van der Waals surface area (Å²) in [5, 5.41) is 4.22. The lowest BCUT2D eigenvalue weighted by molar-refractivity contribution is 0.0963. The zero-order valence-corrected chi connectivity index (χ0v) is 13.2. The van der Waals surface area contributed by atoms with E-state index in [4.69, 9.17) is 23.2 Å². The van der Waals surface area contributed by atoms with E-state index in [-0.39, 0.29) is 11.2 Å². The van der Waals surface area contributed by atoms with Gasteiger partial charge in [0.15, 0.2) is 0 Å². The molecule has 0 bridgehead atoms. The molecule has 2 aromatic heterocycles. The predicted molar refractivity (Wildman–Crippen MR) is 86.3 cm³/mol. The highest BCUT2D eigenvalue weighted by molar-refractivity contribution is 7.22. The summed E-state index contributed by atoms with van der Waals surface area (Å²) in [5.74, 6) is -0.116. The summed E-state index contributed by atoms with van der Waals surface area (Å²) in [6.45, 7) is 0. The van der Waals surface area contributed by atoms with Gasteiger partial charge in [-0.2, -0.15) is 0 Å². The van der Waals surface area contributed by atoms with Crippen molar-refractivity contribution in [3.63, 3.8) is 0 Å². The van der Waals surface area contributed by atoms with Gasteiger partial charge in [-0.1, -0.05) is 17.7 Å². The van der Waals surface area contributed by atoms with Gasteiger partial charge >= 0.3 is 0 Å². The fraction of sp³-hybridized carbons (Fsp3) is 0.0714. The van der Waals surface area contributed by atoms with Crippen LogP contribution in [0.15, 0.2) is 30.5 Å². The molecule has 1 amide bonds. The second kappa shape index (κ2) is 5.60. The molecule has 106 valence electrons. The summed E-state index contributed by atoms with van der Waals surface area (Å²) < 4.78 is 0.983. The van der Waals surface area contributed by atoms with Crippen LogP contribution in [0.4, 0.5) is 0 Å². The second-order valence-corrected chi connectivity index (χ2v) is 6.11. The van der Waals surface area contributed by atoms with Crippen molar-refractivity contribution < 1.29 is 4.79 Å². The summed E-state index contributed by atoms with van der Waals surface area (Å²) in [7, 11) is 1.61. The number of rotatable bonds is 2. The zero-order chi connectivity index (χ0) is 15.0. The fourth-order valence-electron chi connectivity index (χ4n) is 1.95. The van der Waals surface area contributed by atoms with E-state index in [1.54, 1.807) is 13.1 Å². The van der Waals surface area contributed by atoms with Gasteiger partial charge in [0.05, 0.1) is 16.1 Å². The number of nitrogens with one attached hydrogen (secondary N) is 1. The molecule has 0 spiro atoms. The Kier molecular flexibility index (Phi) is 3.80. The fourth-order valence-corrected chi connectivity index (χ4v) is 3.44. The molecule has 0 atom stereocenters. The summed E-state index contributed by atoms with van der Waals surface area (Å²) in [6.07, 6.45) is 1.48. The molecule has 0 unspecified atom stereocenters. The summed E-state index contributed by atoms with van der Waals surface area (Å²) >= 11 is 13.4. The molecule has 7 heteroatoms. The average molecular weight is 338 g/mol. The van der Waals surface area contributed by atoms with E-state index >= 15 is 0 Å². The van der Waals surface area contributed by atoms with E-state index in [9.17, 15) is 4.79 Å².